The van der Waals surface area contributed by atoms with Gasteiger partial charge in [0.15, 0.2) is 6.10 Å². The van der Waals surface area contributed by atoms with E-state index >= 15 is 0 Å². The summed E-state index contributed by atoms with van der Waals surface area (Å²) in [5, 5.41) is 2.77. The van der Waals surface area contributed by atoms with Crippen molar-refractivity contribution in [3.05, 3.63) is 53.6 Å². The minimum absolute atomic E-state index is 0.00358. The van der Waals surface area contributed by atoms with E-state index in [4.69, 9.17) is 4.74 Å². The van der Waals surface area contributed by atoms with E-state index in [1.54, 1.807) is 13.0 Å². The van der Waals surface area contributed by atoms with E-state index < -0.39 is 6.10 Å². The molecule has 0 aliphatic carbocycles. The lowest BCUT2D eigenvalue weighted by molar-refractivity contribution is -0.126. The number of anilines is 2. The van der Waals surface area contributed by atoms with Crippen molar-refractivity contribution in [2.45, 2.75) is 26.9 Å². The van der Waals surface area contributed by atoms with Crippen molar-refractivity contribution in [1.82, 2.24) is 0 Å². The summed E-state index contributed by atoms with van der Waals surface area (Å²) >= 11 is 0. The van der Waals surface area contributed by atoms with E-state index in [-0.39, 0.29) is 18.4 Å². The fourth-order valence-corrected chi connectivity index (χ4v) is 2.90. The van der Waals surface area contributed by atoms with Crippen LogP contribution in [-0.4, -0.2) is 24.5 Å². The molecule has 1 atom stereocenters. The lowest BCUT2D eigenvalue weighted by Gasteiger charge is -2.31. The van der Waals surface area contributed by atoms with Crippen molar-refractivity contribution in [2.24, 2.45) is 0 Å². The first-order valence-electron chi connectivity index (χ1n) is 7.89. The first kappa shape index (κ1) is 16.1. The van der Waals surface area contributed by atoms with Gasteiger partial charge in [-0.15, -0.1) is 0 Å². The maximum atomic E-state index is 12.8. The predicted molar refractivity (Wildman–Crippen MR) is 93.4 cm³/mol. The quantitative estimate of drug-likeness (QED) is 0.944. The Morgan fingerprint density at radius 2 is 1.83 bits per heavy atom. The maximum Gasteiger partial charge on any atom is 0.268 e. The molecule has 0 saturated heterocycles. The Hall–Kier alpha value is -2.82. The number of hydrogen-bond donors (Lipinski definition) is 1. The molecule has 1 heterocycles. The molecule has 0 fully saturated rings. The van der Waals surface area contributed by atoms with Crippen LogP contribution in [0.3, 0.4) is 0 Å². The number of nitrogens with zero attached hydrogens (tertiary/aromatic N) is 1. The van der Waals surface area contributed by atoms with Crippen LogP contribution in [0.25, 0.3) is 0 Å². The molecule has 5 nitrogen and oxygen atoms in total. The number of para-hydroxylation sites is 2. The number of amides is 2. The van der Waals surface area contributed by atoms with Gasteiger partial charge in [0.25, 0.3) is 5.91 Å². The van der Waals surface area contributed by atoms with E-state index in [1.807, 2.05) is 50.2 Å². The molecule has 24 heavy (non-hydrogen) atoms. The van der Waals surface area contributed by atoms with Crippen LogP contribution in [0.1, 0.15) is 18.1 Å². The smallest absolute Gasteiger partial charge is 0.268 e. The molecule has 1 aliphatic rings. The molecule has 2 amide bonds. The molecular weight excluding hydrogens is 304 g/mol. The van der Waals surface area contributed by atoms with Crippen molar-refractivity contribution in [3.8, 4) is 5.75 Å². The van der Waals surface area contributed by atoms with Gasteiger partial charge < -0.3 is 10.1 Å². The summed E-state index contributed by atoms with van der Waals surface area (Å²) in [5.41, 5.74) is 3.48. The Labute approximate surface area is 141 Å². The third-order valence-corrected chi connectivity index (χ3v) is 3.89. The van der Waals surface area contributed by atoms with Crippen LogP contribution in [0.4, 0.5) is 11.4 Å². The van der Waals surface area contributed by atoms with Gasteiger partial charge in [0, 0.05) is 0 Å². The Morgan fingerprint density at radius 3 is 2.54 bits per heavy atom. The van der Waals surface area contributed by atoms with Gasteiger partial charge in [-0.25, -0.2) is 0 Å². The normalized spacial score (nSPS) is 14.6. The van der Waals surface area contributed by atoms with E-state index in [0.29, 0.717) is 17.1 Å². The number of carbonyl (C=O) groups is 2. The third-order valence-electron chi connectivity index (χ3n) is 3.89. The standard InChI is InChI=1S/C19H20N2O3/c1-12-8-13(2)10-15(9-12)24-14(3)19(23)21-11-18(22)20-16-6-4-5-7-17(16)21/h4-10,14H,11H2,1-3H3,(H,20,22)/t14-/m0/s1. The van der Waals surface area contributed by atoms with E-state index in [9.17, 15) is 9.59 Å². The van der Waals surface area contributed by atoms with Crippen LogP contribution >= 0.6 is 0 Å². The third kappa shape index (κ3) is 3.25. The highest BCUT2D eigenvalue weighted by Crippen LogP contribution is 2.29. The predicted octanol–water partition coefficient (Wildman–Crippen LogP) is 3.06. The summed E-state index contributed by atoms with van der Waals surface area (Å²) < 4.78 is 5.82. The molecule has 2 aromatic carbocycles. The Bertz CT molecular complexity index is 781. The van der Waals surface area contributed by atoms with Gasteiger partial charge >= 0.3 is 0 Å². The van der Waals surface area contributed by atoms with Crippen LogP contribution in [0.15, 0.2) is 42.5 Å². The highest BCUT2D eigenvalue weighted by molar-refractivity contribution is 6.10. The number of rotatable bonds is 3. The van der Waals surface area contributed by atoms with Crippen molar-refractivity contribution in [2.75, 3.05) is 16.8 Å². The van der Waals surface area contributed by atoms with Crippen molar-refractivity contribution < 1.29 is 14.3 Å². The van der Waals surface area contributed by atoms with Gasteiger partial charge in [0.1, 0.15) is 12.3 Å². The number of aryl methyl sites for hydroxylation is 2. The molecule has 0 radical (unpaired) electrons. The van der Waals surface area contributed by atoms with Crippen LogP contribution in [-0.2, 0) is 9.59 Å². The number of benzene rings is 2. The minimum atomic E-state index is -0.690. The second-order valence-electron chi connectivity index (χ2n) is 6.07. The molecule has 1 aliphatic heterocycles. The Balaban J connectivity index is 1.82. The average Bonchev–Trinajstić information content (AvgIpc) is 2.52. The second-order valence-corrected chi connectivity index (χ2v) is 6.07. The highest BCUT2D eigenvalue weighted by Gasteiger charge is 2.30. The number of fused-ring (bicyclic) bond motifs is 1. The molecule has 0 aromatic heterocycles. The SMILES string of the molecule is Cc1cc(C)cc(O[C@@H](C)C(=O)N2CC(=O)Nc3ccccc32)c1. The largest absolute Gasteiger partial charge is 0.481 e. The molecule has 2 aromatic rings. The van der Waals surface area contributed by atoms with E-state index in [1.165, 1.54) is 4.90 Å². The zero-order chi connectivity index (χ0) is 17.3. The van der Waals surface area contributed by atoms with Gasteiger partial charge in [-0.05, 0) is 56.2 Å². The van der Waals surface area contributed by atoms with Gasteiger partial charge in [0.2, 0.25) is 5.91 Å². The molecule has 0 bridgehead atoms. The van der Waals surface area contributed by atoms with E-state index in [2.05, 4.69) is 5.32 Å². The van der Waals surface area contributed by atoms with Crippen LogP contribution in [0.2, 0.25) is 0 Å². The van der Waals surface area contributed by atoms with Gasteiger partial charge in [-0.3, -0.25) is 14.5 Å². The first-order chi connectivity index (χ1) is 11.4. The summed E-state index contributed by atoms with van der Waals surface area (Å²) in [6, 6.07) is 13.1. The number of hydrogen-bond acceptors (Lipinski definition) is 3. The van der Waals surface area contributed by atoms with Crippen molar-refractivity contribution in [3.63, 3.8) is 0 Å². The van der Waals surface area contributed by atoms with E-state index in [0.717, 1.165) is 11.1 Å². The minimum Gasteiger partial charge on any atom is -0.481 e. The lowest BCUT2D eigenvalue weighted by Crippen LogP contribution is -2.47. The number of ether oxygens (including phenoxy) is 1. The summed E-state index contributed by atoms with van der Waals surface area (Å²) in [6.45, 7) is 5.67. The molecule has 124 valence electrons. The van der Waals surface area contributed by atoms with Gasteiger partial charge in [0.05, 0.1) is 11.4 Å². The molecular formula is C19H20N2O3. The molecule has 0 spiro atoms. The molecule has 0 unspecified atom stereocenters. The maximum absolute atomic E-state index is 12.8. The summed E-state index contributed by atoms with van der Waals surface area (Å²) in [5.74, 6) is 0.209. The van der Waals surface area contributed by atoms with Crippen LogP contribution in [0.5, 0.6) is 5.75 Å². The molecule has 0 saturated carbocycles. The molecule has 1 N–H and O–H groups in total. The Morgan fingerprint density at radius 1 is 1.17 bits per heavy atom. The molecule has 3 rings (SSSR count). The number of nitrogens with one attached hydrogen (secondary N) is 1. The first-order valence-corrected chi connectivity index (χ1v) is 7.89. The van der Waals surface area contributed by atoms with Crippen molar-refractivity contribution >= 4 is 23.2 Å². The second kappa shape index (κ2) is 6.35. The summed E-state index contributed by atoms with van der Waals surface area (Å²) in [7, 11) is 0. The zero-order valence-corrected chi connectivity index (χ0v) is 14.0. The lowest BCUT2D eigenvalue weighted by atomic mass is 10.1. The monoisotopic (exact) mass is 324 g/mol. The summed E-state index contributed by atoms with van der Waals surface area (Å²) in [4.78, 5) is 26.1. The Kier molecular flexibility index (Phi) is 4.25. The number of carbonyl (C=O) groups excluding carboxylic acids is 2. The fourth-order valence-electron chi connectivity index (χ4n) is 2.90. The average molecular weight is 324 g/mol. The van der Waals surface area contributed by atoms with Gasteiger partial charge in [-0.2, -0.15) is 0 Å². The topological polar surface area (TPSA) is 58.6 Å². The van der Waals surface area contributed by atoms with Gasteiger partial charge in [-0.1, -0.05) is 18.2 Å². The highest BCUT2D eigenvalue weighted by atomic mass is 16.5. The van der Waals surface area contributed by atoms with Crippen LogP contribution < -0.4 is 15.0 Å². The zero-order valence-electron chi connectivity index (χ0n) is 14.0. The van der Waals surface area contributed by atoms with Crippen LogP contribution in [0, 0.1) is 13.8 Å². The molecule has 5 heteroatoms. The fraction of sp³-hybridized carbons (Fsp3) is 0.263. The summed E-state index contributed by atoms with van der Waals surface area (Å²) in [6.07, 6.45) is -0.690. The van der Waals surface area contributed by atoms with Crippen molar-refractivity contribution in [1.29, 1.82) is 0 Å².